The minimum absolute atomic E-state index is 0.0706. The first-order valence-corrected chi connectivity index (χ1v) is 7.33. The van der Waals surface area contributed by atoms with Gasteiger partial charge in [0.1, 0.15) is 0 Å². The van der Waals surface area contributed by atoms with Gasteiger partial charge in [0.05, 0.1) is 14.2 Å². The number of carbonyl (C=O) groups is 1. The zero-order valence-corrected chi connectivity index (χ0v) is 13.7. The Bertz CT molecular complexity index is 680. The van der Waals surface area contributed by atoms with E-state index in [2.05, 4.69) is 0 Å². The summed E-state index contributed by atoms with van der Waals surface area (Å²) >= 11 is 0. The summed E-state index contributed by atoms with van der Waals surface area (Å²) in [5, 5.41) is 0. The summed E-state index contributed by atoms with van der Waals surface area (Å²) in [6, 6.07) is 15.4. The molecule has 0 atom stereocenters. The molecule has 0 bridgehead atoms. The second-order valence-corrected chi connectivity index (χ2v) is 5.09. The highest BCUT2D eigenvalue weighted by atomic mass is 16.5. The van der Waals surface area contributed by atoms with E-state index in [1.807, 2.05) is 54.6 Å². The Balaban J connectivity index is 2.08. The van der Waals surface area contributed by atoms with Crippen molar-refractivity contribution in [2.75, 3.05) is 21.3 Å². The van der Waals surface area contributed by atoms with Crippen LogP contribution < -0.4 is 9.47 Å². The van der Waals surface area contributed by atoms with Crippen molar-refractivity contribution in [1.29, 1.82) is 0 Å². The van der Waals surface area contributed by atoms with Crippen molar-refractivity contribution >= 4 is 12.0 Å². The highest BCUT2D eigenvalue weighted by molar-refractivity contribution is 5.91. The van der Waals surface area contributed by atoms with Crippen molar-refractivity contribution in [3.05, 3.63) is 65.7 Å². The number of methoxy groups -OCH3 is 2. The highest BCUT2D eigenvalue weighted by Gasteiger charge is 2.13. The first-order valence-electron chi connectivity index (χ1n) is 7.33. The Morgan fingerprint density at radius 1 is 1.04 bits per heavy atom. The number of hydrogen-bond acceptors (Lipinski definition) is 3. The third-order valence-corrected chi connectivity index (χ3v) is 3.49. The predicted molar refractivity (Wildman–Crippen MR) is 91.5 cm³/mol. The minimum atomic E-state index is -0.0706. The maximum absolute atomic E-state index is 12.2. The van der Waals surface area contributed by atoms with Gasteiger partial charge in [0, 0.05) is 25.2 Å². The van der Waals surface area contributed by atoms with Gasteiger partial charge in [-0.05, 0) is 17.7 Å². The lowest BCUT2D eigenvalue weighted by atomic mass is 10.1. The van der Waals surface area contributed by atoms with Gasteiger partial charge < -0.3 is 14.4 Å². The molecule has 0 radical (unpaired) electrons. The number of hydrogen-bond donors (Lipinski definition) is 0. The molecule has 0 heterocycles. The minimum Gasteiger partial charge on any atom is -0.493 e. The van der Waals surface area contributed by atoms with Gasteiger partial charge >= 0.3 is 0 Å². The van der Waals surface area contributed by atoms with Gasteiger partial charge in [-0.25, -0.2) is 0 Å². The SMILES string of the molecule is COc1cccc(CN(C)C(=O)/C=C/c2ccccc2)c1OC. The smallest absolute Gasteiger partial charge is 0.246 e. The second kappa shape index (κ2) is 8.03. The van der Waals surface area contributed by atoms with E-state index in [0.29, 0.717) is 18.0 Å². The van der Waals surface area contributed by atoms with Gasteiger partial charge in [-0.1, -0.05) is 42.5 Å². The number of benzene rings is 2. The molecule has 0 N–H and O–H groups in total. The van der Waals surface area contributed by atoms with E-state index in [1.165, 1.54) is 0 Å². The van der Waals surface area contributed by atoms with E-state index in [-0.39, 0.29) is 5.91 Å². The van der Waals surface area contributed by atoms with Crippen LogP contribution >= 0.6 is 0 Å². The van der Waals surface area contributed by atoms with Crippen LogP contribution in [0.25, 0.3) is 6.08 Å². The molecular formula is C19H21NO3. The van der Waals surface area contributed by atoms with E-state index >= 15 is 0 Å². The van der Waals surface area contributed by atoms with E-state index in [4.69, 9.17) is 9.47 Å². The van der Waals surface area contributed by atoms with Crippen LogP contribution in [0.4, 0.5) is 0 Å². The molecule has 0 aliphatic rings. The molecule has 2 aromatic rings. The molecule has 0 spiro atoms. The molecule has 2 aromatic carbocycles. The van der Waals surface area contributed by atoms with Crippen molar-refractivity contribution in [3.63, 3.8) is 0 Å². The van der Waals surface area contributed by atoms with Crippen molar-refractivity contribution in [3.8, 4) is 11.5 Å². The lowest BCUT2D eigenvalue weighted by molar-refractivity contribution is -0.125. The number of amides is 1. The van der Waals surface area contributed by atoms with Gasteiger partial charge in [0.25, 0.3) is 0 Å². The molecule has 0 aromatic heterocycles. The van der Waals surface area contributed by atoms with Gasteiger partial charge in [0.15, 0.2) is 11.5 Å². The van der Waals surface area contributed by atoms with Gasteiger partial charge in [-0.3, -0.25) is 4.79 Å². The number of nitrogens with zero attached hydrogens (tertiary/aromatic N) is 1. The summed E-state index contributed by atoms with van der Waals surface area (Å²) in [5.41, 5.74) is 1.89. The zero-order chi connectivity index (χ0) is 16.7. The number of para-hydroxylation sites is 1. The summed E-state index contributed by atoms with van der Waals surface area (Å²) in [4.78, 5) is 13.9. The first-order chi connectivity index (χ1) is 11.2. The fourth-order valence-corrected chi connectivity index (χ4v) is 2.27. The molecule has 120 valence electrons. The van der Waals surface area contributed by atoms with Crippen LogP contribution in [-0.4, -0.2) is 32.1 Å². The number of likely N-dealkylation sites (N-methyl/N-ethyl adjacent to an activating group) is 1. The topological polar surface area (TPSA) is 38.8 Å². The normalized spacial score (nSPS) is 10.6. The van der Waals surface area contributed by atoms with Crippen LogP contribution in [0.3, 0.4) is 0 Å². The van der Waals surface area contributed by atoms with Crippen LogP contribution in [0, 0.1) is 0 Å². The second-order valence-electron chi connectivity index (χ2n) is 5.09. The van der Waals surface area contributed by atoms with E-state index < -0.39 is 0 Å². The van der Waals surface area contributed by atoms with Crippen LogP contribution in [-0.2, 0) is 11.3 Å². The molecule has 0 unspecified atom stereocenters. The standard InChI is InChI=1S/C19H21NO3/c1-20(18(21)13-12-15-8-5-4-6-9-15)14-16-10-7-11-17(22-2)19(16)23-3/h4-13H,14H2,1-3H3/b13-12+. The van der Waals surface area contributed by atoms with Gasteiger partial charge in [0.2, 0.25) is 5.91 Å². The van der Waals surface area contributed by atoms with E-state index in [9.17, 15) is 4.79 Å². The Kier molecular flexibility index (Phi) is 5.80. The zero-order valence-electron chi connectivity index (χ0n) is 13.7. The monoisotopic (exact) mass is 311 g/mol. The molecule has 0 fully saturated rings. The summed E-state index contributed by atoms with van der Waals surface area (Å²) in [6.07, 6.45) is 3.38. The third kappa shape index (κ3) is 4.36. The van der Waals surface area contributed by atoms with Crippen molar-refractivity contribution in [1.82, 2.24) is 4.90 Å². The number of carbonyl (C=O) groups excluding carboxylic acids is 1. The molecular weight excluding hydrogens is 290 g/mol. The predicted octanol–water partition coefficient (Wildman–Crippen LogP) is 3.38. The molecule has 2 rings (SSSR count). The summed E-state index contributed by atoms with van der Waals surface area (Å²) < 4.78 is 10.7. The lowest BCUT2D eigenvalue weighted by Crippen LogP contribution is -2.24. The average molecular weight is 311 g/mol. The third-order valence-electron chi connectivity index (χ3n) is 3.49. The molecule has 0 saturated carbocycles. The maximum Gasteiger partial charge on any atom is 0.246 e. The molecule has 0 aliphatic heterocycles. The quantitative estimate of drug-likeness (QED) is 0.768. The van der Waals surface area contributed by atoms with Crippen molar-refractivity contribution in [2.24, 2.45) is 0 Å². The molecule has 23 heavy (non-hydrogen) atoms. The van der Waals surface area contributed by atoms with Crippen molar-refractivity contribution < 1.29 is 14.3 Å². The van der Waals surface area contributed by atoms with Crippen molar-refractivity contribution in [2.45, 2.75) is 6.54 Å². The summed E-state index contributed by atoms with van der Waals surface area (Å²) in [7, 11) is 4.95. The molecule has 4 nitrogen and oxygen atoms in total. The Hall–Kier alpha value is -2.75. The molecule has 1 amide bonds. The van der Waals surface area contributed by atoms with Gasteiger partial charge in [-0.15, -0.1) is 0 Å². The van der Waals surface area contributed by atoms with Crippen LogP contribution in [0.1, 0.15) is 11.1 Å². The summed E-state index contributed by atoms with van der Waals surface area (Å²) in [6.45, 7) is 0.443. The molecule has 4 heteroatoms. The Labute approximate surface area is 137 Å². The average Bonchev–Trinajstić information content (AvgIpc) is 2.60. The molecule has 0 aliphatic carbocycles. The number of ether oxygens (including phenoxy) is 2. The maximum atomic E-state index is 12.2. The highest BCUT2D eigenvalue weighted by Crippen LogP contribution is 2.31. The lowest BCUT2D eigenvalue weighted by Gasteiger charge is -2.18. The first kappa shape index (κ1) is 16.6. The summed E-state index contributed by atoms with van der Waals surface area (Å²) in [5.74, 6) is 1.24. The molecule has 0 saturated heterocycles. The number of rotatable bonds is 6. The van der Waals surface area contributed by atoms with E-state index in [1.54, 1.807) is 32.2 Å². The largest absolute Gasteiger partial charge is 0.493 e. The fraction of sp³-hybridized carbons (Fsp3) is 0.211. The Morgan fingerprint density at radius 3 is 2.43 bits per heavy atom. The fourth-order valence-electron chi connectivity index (χ4n) is 2.27. The van der Waals surface area contributed by atoms with Gasteiger partial charge in [-0.2, -0.15) is 0 Å². The van der Waals surface area contributed by atoms with E-state index in [0.717, 1.165) is 11.1 Å². The van der Waals surface area contributed by atoms with Crippen LogP contribution in [0.2, 0.25) is 0 Å². The Morgan fingerprint density at radius 2 is 1.78 bits per heavy atom. The van der Waals surface area contributed by atoms with Crippen LogP contribution in [0.15, 0.2) is 54.6 Å². The van der Waals surface area contributed by atoms with Crippen LogP contribution in [0.5, 0.6) is 11.5 Å².